The van der Waals surface area contributed by atoms with Gasteiger partial charge in [0.1, 0.15) is 5.75 Å². The van der Waals surface area contributed by atoms with Crippen LogP contribution in [0.2, 0.25) is 5.02 Å². The Balaban J connectivity index is 1.93. The molecule has 0 aliphatic carbocycles. The van der Waals surface area contributed by atoms with E-state index >= 15 is 0 Å². The molecule has 2 aromatic carbocycles. The standard InChI is InChI=1S/C23H32ClNO/c1-17(2)5-6-21(20-9-13-23(26-4)14-10-20)15-16-25-18(3)19-7-11-22(24)12-8-19/h7-14,17-18,21,25H,5-6,15-16H2,1-4H3/t18-,21+/m1/s1. The van der Waals surface area contributed by atoms with Crippen LogP contribution >= 0.6 is 11.6 Å². The fourth-order valence-electron chi connectivity index (χ4n) is 3.23. The van der Waals surface area contributed by atoms with Gasteiger partial charge in [-0.2, -0.15) is 0 Å². The molecule has 0 radical (unpaired) electrons. The molecule has 0 unspecified atom stereocenters. The summed E-state index contributed by atoms with van der Waals surface area (Å²) in [6, 6.07) is 17.0. The lowest BCUT2D eigenvalue weighted by Gasteiger charge is -2.21. The maximum absolute atomic E-state index is 5.98. The first-order valence-electron chi connectivity index (χ1n) is 9.62. The van der Waals surface area contributed by atoms with Crippen molar-refractivity contribution in [1.82, 2.24) is 5.32 Å². The molecule has 2 rings (SSSR count). The maximum Gasteiger partial charge on any atom is 0.118 e. The van der Waals surface area contributed by atoms with Crippen molar-refractivity contribution in [3.8, 4) is 5.75 Å². The second kappa shape index (κ2) is 10.6. The van der Waals surface area contributed by atoms with Crippen LogP contribution in [0.3, 0.4) is 0 Å². The van der Waals surface area contributed by atoms with E-state index in [0.717, 1.165) is 29.7 Å². The smallest absolute Gasteiger partial charge is 0.118 e. The third-order valence-corrected chi connectivity index (χ3v) is 5.24. The van der Waals surface area contributed by atoms with Crippen LogP contribution in [0.15, 0.2) is 48.5 Å². The normalized spacial score (nSPS) is 13.6. The lowest BCUT2D eigenvalue weighted by molar-refractivity contribution is 0.414. The highest BCUT2D eigenvalue weighted by Gasteiger charge is 2.13. The topological polar surface area (TPSA) is 21.3 Å². The van der Waals surface area contributed by atoms with Gasteiger partial charge in [-0.1, -0.05) is 56.1 Å². The lowest BCUT2D eigenvalue weighted by Crippen LogP contribution is -2.21. The molecular formula is C23H32ClNO. The molecule has 0 aliphatic heterocycles. The van der Waals surface area contributed by atoms with Crippen LogP contribution in [0.5, 0.6) is 5.75 Å². The fraction of sp³-hybridized carbons (Fsp3) is 0.478. The van der Waals surface area contributed by atoms with Crippen LogP contribution in [-0.2, 0) is 0 Å². The van der Waals surface area contributed by atoms with Crippen molar-refractivity contribution in [3.05, 3.63) is 64.7 Å². The van der Waals surface area contributed by atoms with Crippen molar-refractivity contribution in [2.75, 3.05) is 13.7 Å². The van der Waals surface area contributed by atoms with Crippen LogP contribution in [0.25, 0.3) is 0 Å². The summed E-state index contributed by atoms with van der Waals surface area (Å²) in [6.45, 7) is 7.80. The van der Waals surface area contributed by atoms with E-state index in [1.54, 1.807) is 7.11 Å². The van der Waals surface area contributed by atoms with Gasteiger partial charge in [-0.05, 0) is 73.5 Å². The van der Waals surface area contributed by atoms with E-state index in [9.17, 15) is 0 Å². The number of nitrogens with one attached hydrogen (secondary N) is 1. The fourth-order valence-corrected chi connectivity index (χ4v) is 3.36. The van der Waals surface area contributed by atoms with Gasteiger partial charge in [0.2, 0.25) is 0 Å². The van der Waals surface area contributed by atoms with Gasteiger partial charge in [0, 0.05) is 11.1 Å². The van der Waals surface area contributed by atoms with E-state index in [4.69, 9.17) is 16.3 Å². The van der Waals surface area contributed by atoms with E-state index in [2.05, 4.69) is 62.5 Å². The van der Waals surface area contributed by atoms with E-state index in [1.807, 2.05) is 12.1 Å². The van der Waals surface area contributed by atoms with Gasteiger partial charge in [-0.15, -0.1) is 0 Å². The van der Waals surface area contributed by atoms with Gasteiger partial charge in [-0.3, -0.25) is 0 Å². The Morgan fingerprint density at radius 1 is 0.846 bits per heavy atom. The van der Waals surface area contributed by atoms with Crippen molar-refractivity contribution < 1.29 is 4.74 Å². The van der Waals surface area contributed by atoms with Gasteiger partial charge < -0.3 is 10.1 Å². The molecule has 0 amide bonds. The monoisotopic (exact) mass is 373 g/mol. The number of methoxy groups -OCH3 is 1. The second-order valence-corrected chi connectivity index (χ2v) is 7.89. The molecule has 0 aromatic heterocycles. The number of hydrogen-bond donors (Lipinski definition) is 1. The summed E-state index contributed by atoms with van der Waals surface area (Å²) in [6.07, 6.45) is 3.61. The molecule has 0 aliphatic rings. The summed E-state index contributed by atoms with van der Waals surface area (Å²) >= 11 is 5.98. The van der Waals surface area contributed by atoms with E-state index in [-0.39, 0.29) is 0 Å². The van der Waals surface area contributed by atoms with Crippen LogP contribution in [-0.4, -0.2) is 13.7 Å². The molecule has 0 heterocycles. The SMILES string of the molecule is COc1ccc([C@H](CCN[C@H](C)c2ccc(Cl)cc2)CCC(C)C)cc1. The van der Waals surface area contributed by atoms with Crippen LogP contribution in [0, 0.1) is 5.92 Å². The van der Waals surface area contributed by atoms with E-state index < -0.39 is 0 Å². The molecule has 0 spiro atoms. The first kappa shape index (κ1) is 20.8. The Labute approximate surface area is 163 Å². The summed E-state index contributed by atoms with van der Waals surface area (Å²) in [4.78, 5) is 0. The highest BCUT2D eigenvalue weighted by Crippen LogP contribution is 2.28. The number of rotatable bonds is 10. The first-order chi connectivity index (χ1) is 12.5. The minimum atomic E-state index is 0.328. The Morgan fingerprint density at radius 3 is 2.04 bits per heavy atom. The summed E-state index contributed by atoms with van der Waals surface area (Å²) in [5.41, 5.74) is 2.69. The maximum atomic E-state index is 5.98. The highest BCUT2D eigenvalue weighted by atomic mass is 35.5. The molecule has 1 N–H and O–H groups in total. The average molecular weight is 374 g/mol. The number of benzene rings is 2. The highest BCUT2D eigenvalue weighted by molar-refractivity contribution is 6.30. The van der Waals surface area contributed by atoms with Crippen molar-refractivity contribution in [2.24, 2.45) is 5.92 Å². The minimum Gasteiger partial charge on any atom is -0.497 e. The van der Waals surface area contributed by atoms with E-state index in [1.165, 1.54) is 24.0 Å². The zero-order chi connectivity index (χ0) is 18.9. The van der Waals surface area contributed by atoms with Crippen molar-refractivity contribution in [1.29, 1.82) is 0 Å². The molecule has 142 valence electrons. The van der Waals surface area contributed by atoms with E-state index in [0.29, 0.717) is 12.0 Å². The molecule has 26 heavy (non-hydrogen) atoms. The second-order valence-electron chi connectivity index (χ2n) is 7.46. The predicted molar refractivity (Wildman–Crippen MR) is 112 cm³/mol. The third-order valence-electron chi connectivity index (χ3n) is 4.99. The molecule has 0 saturated carbocycles. The molecule has 0 saturated heterocycles. The predicted octanol–water partition coefficient (Wildman–Crippen LogP) is 6.61. The van der Waals surface area contributed by atoms with Crippen molar-refractivity contribution in [3.63, 3.8) is 0 Å². The van der Waals surface area contributed by atoms with Crippen molar-refractivity contribution in [2.45, 2.75) is 52.0 Å². The molecule has 2 atom stereocenters. The zero-order valence-electron chi connectivity index (χ0n) is 16.5. The molecule has 0 bridgehead atoms. The Morgan fingerprint density at radius 2 is 1.46 bits per heavy atom. The summed E-state index contributed by atoms with van der Waals surface area (Å²) in [5, 5.41) is 4.45. The van der Waals surface area contributed by atoms with Gasteiger partial charge in [0.25, 0.3) is 0 Å². The molecule has 3 heteroatoms. The zero-order valence-corrected chi connectivity index (χ0v) is 17.2. The molecule has 2 nitrogen and oxygen atoms in total. The Hall–Kier alpha value is -1.51. The van der Waals surface area contributed by atoms with Crippen LogP contribution < -0.4 is 10.1 Å². The molecular weight excluding hydrogens is 342 g/mol. The third kappa shape index (κ3) is 6.66. The van der Waals surface area contributed by atoms with Crippen LogP contribution in [0.1, 0.15) is 63.1 Å². The van der Waals surface area contributed by atoms with Gasteiger partial charge in [0.05, 0.1) is 7.11 Å². The molecule has 0 fully saturated rings. The minimum absolute atomic E-state index is 0.328. The van der Waals surface area contributed by atoms with Crippen molar-refractivity contribution >= 4 is 11.6 Å². The Kier molecular flexibility index (Phi) is 8.47. The van der Waals surface area contributed by atoms with Gasteiger partial charge >= 0.3 is 0 Å². The summed E-state index contributed by atoms with van der Waals surface area (Å²) < 4.78 is 5.30. The first-order valence-corrected chi connectivity index (χ1v) is 10.00. The average Bonchev–Trinajstić information content (AvgIpc) is 2.65. The number of ether oxygens (including phenoxy) is 1. The summed E-state index contributed by atoms with van der Waals surface area (Å²) in [5.74, 6) is 2.23. The van der Waals surface area contributed by atoms with Gasteiger partial charge in [0.15, 0.2) is 0 Å². The number of halogens is 1. The van der Waals surface area contributed by atoms with Crippen LogP contribution in [0.4, 0.5) is 0 Å². The summed E-state index contributed by atoms with van der Waals surface area (Å²) in [7, 11) is 1.72. The quantitative estimate of drug-likeness (QED) is 0.506. The largest absolute Gasteiger partial charge is 0.497 e. The molecule has 2 aromatic rings. The number of hydrogen-bond acceptors (Lipinski definition) is 2. The van der Waals surface area contributed by atoms with Gasteiger partial charge in [-0.25, -0.2) is 0 Å². The lowest BCUT2D eigenvalue weighted by atomic mass is 9.88. The Bertz CT molecular complexity index is 636.